The van der Waals surface area contributed by atoms with Gasteiger partial charge in [-0.25, -0.2) is 9.59 Å². The summed E-state index contributed by atoms with van der Waals surface area (Å²) in [5.41, 5.74) is -1.06. The maximum absolute atomic E-state index is 11.7. The molecule has 0 aliphatic heterocycles. The minimum absolute atomic E-state index is 0.252. The number of carbonyl (C=O) groups is 2. The minimum atomic E-state index is -0.974. The summed E-state index contributed by atoms with van der Waals surface area (Å²) in [6.45, 7) is -0.286. The Kier molecular flexibility index (Phi) is 5.50. The molecule has 2 rings (SSSR count). The van der Waals surface area contributed by atoms with Crippen LogP contribution in [0.4, 0.5) is 0 Å². The number of amides is 1. The van der Waals surface area contributed by atoms with Gasteiger partial charge in [0, 0.05) is 12.6 Å². The number of ether oxygens (including phenoxy) is 2. The normalized spacial score (nSPS) is 10.0. The molecule has 126 valence electrons. The van der Waals surface area contributed by atoms with Crippen molar-refractivity contribution in [1.82, 2.24) is 15.3 Å². The predicted molar refractivity (Wildman–Crippen MR) is 82.8 cm³/mol. The number of aromatic amines is 2. The number of carbonyl (C=O) groups excluding carboxylic acids is 2. The summed E-state index contributed by atoms with van der Waals surface area (Å²) in [6, 6.07) is 7.95. The van der Waals surface area contributed by atoms with Crippen LogP contribution in [0, 0.1) is 0 Å². The van der Waals surface area contributed by atoms with E-state index in [2.05, 4.69) is 10.3 Å². The zero-order chi connectivity index (χ0) is 17.5. The molecule has 0 fully saturated rings. The highest BCUT2D eigenvalue weighted by atomic mass is 16.5. The van der Waals surface area contributed by atoms with Gasteiger partial charge >= 0.3 is 11.7 Å². The van der Waals surface area contributed by atoms with Crippen LogP contribution in [0.25, 0.3) is 0 Å². The quantitative estimate of drug-likeness (QED) is 0.614. The highest BCUT2D eigenvalue weighted by molar-refractivity contribution is 5.89. The Balaban J connectivity index is 1.82. The van der Waals surface area contributed by atoms with Crippen LogP contribution in [-0.2, 0) is 16.1 Å². The van der Waals surface area contributed by atoms with Gasteiger partial charge in [0.05, 0.1) is 7.11 Å². The Bertz CT molecular complexity index is 809. The predicted octanol–water partition coefficient (Wildman–Crippen LogP) is -0.455. The van der Waals surface area contributed by atoms with Crippen molar-refractivity contribution in [2.75, 3.05) is 13.7 Å². The van der Waals surface area contributed by atoms with Crippen LogP contribution in [0.1, 0.15) is 16.1 Å². The fraction of sp³-hybridized carbons (Fsp3) is 0.200. The summed E-state index contributed by atoms with van der Waals surface area (Å²) in [5.74, 6) is -0.796. The van der Waals surface area contributed by atoms with E-state index in [0.717, 1.165) is 11.6 Å². The van der Waals surface area contributed by atoms with Crippen LogP contribution in [0.2, 0.25) is 0 Å². The van der Waals surface area contributed by atoms with Crippen LogP contribution in [0.3, 0.4) is 0 Å². The van der Waals surface area contributed by atoms with Gasteiger partial charge in [0.1, 0.15) is 11.4 Å². The van der Waals surface area contributed by atoms with Crippen molar-refractivity contribution >= 4 is 11.9 Å². The molecule has 1 aromatic heterocycles. The molecular weight excluding hydrogens is 318 g/mol. The molecule has 2 aromatic rings. The zero-order valence-corrected chi connectivity index (χ0v) is 12.8. The number of aromatic nitrogens is 2. The first kappa shape index (κ1) is 17.0. The fourth-order valence-corrected chi connectivity index (χ4v) is 1.78. The van der Waals surface area contributed by atoms with Gasteiger partial charge < -0.3 is 19.8 Å². The molecule has 1 heterocycles. The zero-order valence-electron chi connectivity index (χ0n) is 12.8. The number of methoxy groups -OCH3 is 1. The van der Waals surface area contributed by atoms with E-state index in [4.69, 9.17) is 9.47 Å². The maximum Gasteiger partial charge on any atom is 0.355 e. The third-order valence-electron chi connectivity index (χ3n) is 2.96. The van der Waals surface area contributed by atoms with E-state index >= 15 is 0 Å². The van der Waals surface area contributed by atoms with Gasteiger partial charge in [0.15, 0.2) is 6.61 Å². The number of hydrogen-bond acceptors (Lipinski definition) is 6. The van der Waals surface area contributed by atoms with Crippen LogP contribution in [0.5, 0.6) is 5.75 Å². The molecule has 1 aromatic carbocycles. The van der Waals surface area contributed by atoms with E-state index in [1.807, 2.05) is 4.98 Å². The van der Waals surface area contributed by atoms with E-state index in [1.165, 1.54) is 0 Å². The Morgan fingerprint density at radius 1 is 1.12 bits per heavy atom. The molecule has 3 N–H and O–H groups in total. The highest BCUT2D eigenvalue weighted by Crippen LogP contribution is 2.10. The van der Waals surface area contributed by atoms with Gasteiger partial charge in [0.2, 0.25) is 0 Å². The highest BCUT2D eigenvalue weighted by Gasteiger charge is 2.12. The number of rotatable bonds is 6. The molecule has 9 heteroatoms. The van der Waals surface area contributed by atoms with Crippen molar-refractivity contribution in [3.05, 3.63) is 62.4 Å². The van der Waals surface area contributed by atoms with Crippen molar-refractivity contribution in [3.8, 4) is 5.75 Å². The second kappa shape index (κ2) is 7.77. The maximum atomic E-state index is 11.7. The molecule has 0 aliphatic rings. The summed E-state index contributed by atoms with van der Waals surface area (Å²) in [6.07, 6.45) is 0. The summed E-state index contributed by atoms with van der Waals surface area (Å²) in [5, 5.41) is 2.57. The van der Waals surface area contributed by atoms with Crippen LogP contribution < -0.4 is 21.3 Å². The standard InChI is InChI=1S/C15H15N3O6/c1-23-10-4-2-9(3-5-10)7-16-13(20)8-24-14(21)11-6-12(19)18-15(22)17-11/h2-6H,7-8H2,1H3,(H,16,20)(H2,17,18,19,22). The average molecular weight is 333 g/mol. The molecule has 0 atom stereocenters. The lowest BCUT2D eigenvalue weighted by atomic mass is 10.2. The number of nitrogens with one attached hydrogen (secondary N) is 3. The van der Waals surface area contributed by atoms with Crippen molar-refractivity contribution < 1.29 is 19.1 Å². The van der Waals surface area contributed by atoms with E-state index in [1.54, 1.807) is 31.4 Å². The van der Waals surface area contributed by atoms with Crippen LogP contribution >= 0.6 is 0 Å². The lowest BCUT2D eigenvalue weighted by molar-refractivity contribution is -0.124. The van der Waals surface area contributed by atoms with Crippen LogP contribution in [-0.4, -0.2) is 35.6 Å². The molecule has 0 unspecified atom stereocenters. The van der Waals surface area contributed by atoms with Gasteiger partial charge in [0.25, 0.3) is 11.5 Å². The second-order valence-corrected chi connectivity index (χ2v) is 4.70. The first-order chi connectivity index (χ1) is 11.5. The fourth-order valence-electron chi connectivity index (χ4n) is 1.78. The monoisotopic (exact) mass is 333 g/mol. The van der Waals surface area contributed by atoms with Crippen LogP contribution in [0.15, 0.2) is 39.9 Å². The number of benzene rings is 1. The molecule has 0 radical (unpaired) electrons. The largest absolute Gasteiger partial charge is 0.497 e. The van der Waals surface area contributed by atoms with E-state index in [9.17, 15) is 19.2 Å². The van der Waals surface area contributed by atoms with Crippen molar-refractivity contribution in [1.29, 1.82) is 0 Å². The number of esters is 1. The smallest absolute Gasteiger partial charge is 0.355 e. The van der Waals surface area contributed by atoms with E-state index < -0.39 is 29.7 Å². The molecule has 0 saturated heterocycles. The molecule has 24 heavy (non-hydrogen) atoms. The summed E-state index contributed by atoms with van der Waals surface area (Å²) < 4.78 is 9.75. The number of hydrogen-bond donors (Lipinski definition) is 3. The Labute approximate surface area is 135 Å². The topological polar surface area (TPSA) is 130 Å². The third kappa shape index (κ3) is 4.83. The molecule has 0 aliphatic carbocycles. The van der Waals surface area contributed by atoms with E-state index in [-0.39, 0.29) is 12.2 Å². The third-order valence-corrected chi connectivity index (χ3v) is 2.96. The summed E-state index contributed by atoms with van der Waals surface area (Å²) in [4.78, 5) is 49.5. The first-order valence-corrected chi connectivity index (χ1v) is 6.88. The number of H-pyrrole nitrogens is 2. The molecule has 1 amide bonds. The summed E-state index contributed by atoms with van der Waals surface area (Å²) >= 11 is 0. The van der Waals surface area contributed by atoms with Gasteiger partial charge in [-0.15, -0.1) is 0 Å². The Morgan fingerprint density at radius 2 is 1.83 bits per heavy atom. The van der Waals surface area contributed by atoms with E-state index in [0.29, 0.717) is 5.75 Å². The van der Waals surface area contributed by atoms with Gasteiger partial charge in [-0.05, 0) is 17.7 Å². The lowest BCUT2D eigenvalue weighted by Crippen LogP contribution is -2.30. The van der Waals surface area contributed by atoms with Crippen molar-refractivity contribution in [2.45, 2.75) is 6.54 Å². The van der Waals surface area contributed by atoms with Gasteiger partial charge in [-0.3, -0.25) is 14.6 Å². The molecule has 0 bridgehead atoms. The second-order valence-electron chi connectivity index (χ2n) is 4.70. The minimum Gasteiger partial charge on any atom is -0.497 e. The van der Waals surface area contributed by atoms with Crippen molar-refractivity contribution in [3.63, 3.8) is 0 Å². The molecular formula is C15H15N3O6. The SMILES string of the molecule is COc1ccc(CNC(=O)COC(=O)c2cc(=O)[nH]c(=O)[nH]2)cc1. The van der Waals surface area contributed by atoms with Gasteiger partial charge in [-0.1, -0.05) is 12.1 Å². The van der Waals surface area contributed by atoms with Crippen molar-refractivity contribution in [2.24, 2.45) is 0 Å². The Hall–Kier alpha value is -3.36. The summed E-state index contributed by atoms with van der Waals surface area (Å²) in [7, 11) is 1.55. The molecule has 0 spiro atoms. The Morgan fingerprint density at radius 3 is 2.46 bits per heavy atom. The van der Waals surface area contributed by atoms with Gasteiger partial charge in [-0.2, -0.15) is 0 Å². The molecule has 0 saturated carbocycles. The first-order valence-electron chi connectivity index (χ1n) is 6.88. The average Bonchev–Trinajstić information content (AvgIpc) is 2.57. The molecule has 9 nitrogen and oxygen atoms in total. The lowest BCUT2D eigenvalue weighted by Gasteiger charge is -2.07.